The number of nitrogens with one attached hydrogen (secondary N) is 1. The van der Waals surface area contributed by atoms with Crippen molar-refractivity contribution in [1.82, 2.24) is 5.32 Å². The lowest BCUT2D eigenvalue weighted by atomic mass is 10.1. The number of halogens is 1. The Bertz CT molecular complexity index is 557. The first kappa shape index (κ1) is 16.4. The summed E-state index contributed by atoms with van der Waals surface area (Å²) >= 11 is 0. The van der Waals surface area contributed by atoms with Crippen LogP contribution in [0.3, 0.4) is 0 Å². The van der Waals surface area contributed by atoms with Crippen molar-refractivity contribution in [2.45, 2.75) is 57.3 Å². The van der Waals surface area contributed by atoms with Gasteiger partial charge in [0.05, 0.1) is 18.8 Å². The molecule has 3 atom stereocenters. The molecule has 0 spiro atoms. The predicted octanol–water partition coefficient (Wildman–Crippen LogP) is 2.90. The monoisotopic (exact) mass is 321 g/mol. The second-order valence-electron chi connectivity index (χ2n) is 6.37. The summed E-state index contributed by atoms with van der Waals surface area (Å²) in [4.78, 5) is 12.3. The molecule has 1 aromatic rings. The van der Waals surface area contributed by atoms with Gasteiger partial charge in [0.25, 0.3) is 0 Å². The number of hydrogen-bond acceptors (Lipinski definition) is 3. The fourth-order valence-corrected chi connectivity index (χ4v) is 3.31. The molecule has 3 unspecified atom stereocenters. The van der Waals surface area contributed by atoms with Gasteiger partial charge in [-0.2, -0.15) is 0 Å². The number of amides is 1. The van der Waals surface area contributed by atoms with E-state index >= 15 is 0 Å². The molecular weight excluding hydrogens is 297 g/mol. The molecule has 1 saturated heterocycles. The molecule has 3 rings (SSSR count). The summed E-state index contributed by atoms with van der Waals surface area (Å²) in [6.07, 6.45) is 4.21. The molecule has 1 heterocycles. The van der Waals surface area contributed by atoms with Crippen LogP contribution in [0.5, 0.6) is 0 Å². The van der Waals surface area contributed by atoms with Gasteiger partial charge in [0.15, 0.2) is 0 Å². The highest BCUT2D eigenvalue weighted by Crippen LogP contribution is 2.32. The molecule has 1 amide bonds. The number of carbonyl (C=O) groups excluding carboxylic acids is 1. The first-order chi connectivity index (χ1) is 11.1. The number of benzene rings is 1. The molecule has 0 radical (unpaired) electrons. The van der Waals surface area contributed by atoms with Crippen LogP contribution in [0.4, 0.5) is 4.39 Å². The molecule has 4 nitrogen and oxygen atoms in total. The van der Waals surface area contributed by atoms with E-state index in [9.17, 15) is 9.18 Å². The Labute approximate surface area is 136 Å². The van der Waals surface area contributed by atoms with Crippen LogP contribution in [0.15, 0.2) is 18.2 Å². The third-order valence-electron chi connectivity index (χ3n) is 4.71. The van der Waals surface area contributed by atoms with E-state index in [2.05, 4.69) is 5.32 Å². The number of rotatable bonds is 5. The van der Waals surface area contributed by atoms with Crippen LogP contribution in [0.25, 0.3) is 0 Å². The van der Waals surface area contributed by atoms with Crippen molar-refractivity contribution >= 4 is 5.91 Å². The van der Waals surface area contributed by atoms with E-state index in [-0.39, 0.29) is 23.9 Å². The zero-order valence-electron chi connectivity index (χ0n) is 13.5. The number of fused-ring (bicyclic) bond motifs is 1. The van der Waals surface area contributed by atoms with E-state index in [4.69, 9.17) is 9.47 Å². The fourth-order valence-electron chi connectivity index (χ4n) is 3.31. The van der Waals surface area contributed by atoms with Crippen molar-refractivity contribution < 1.29 is 18.7 Å². The molecule has 0 bridgehead atoms. The second-order valence-corrected chi connectivity index (χ2v) is 6.37. The maximum Gasteiger partial charge on any atom is 0.249 e. The summed E-state index contributed by atoms with van der Waals surface area (Å²) in [7, 11) is 0. The van der Waals surface area contributed by atoms with Gasteiger partial charge < -0.3 is 14.8 Å². The minimum atomic E-state index is -0.530. The van der Waals surface area contributed by atoms with Crippen LogP contribution >= 0.6 is 0 Å². The van der Waals surface area contributed by atoms with Crippen LogP contribution in [0.2, 0.25) is 0 Å². The molecule has 2 aliphatic rings. The highest BCUT2D eigenvalue weighted by molar-refractivity contribution is 5.81. The van der Waals surface area contributed by atoms with Gasteiger partial charge in [-0.15, -0.1) is 0 Å². The van der Waals surface area contributed by atoms with Crippen molar-refractivity contribution in [3.63, 3.8) is 0 Å². The normalized spacial score (nSPS) is 25.0. The highest BCUT2D eigenvalue weighted by atomic mass is 19.1. The molecule has 0 saturated carbocycles. The average Bonchev–Trinajstić information content (AvgIpc) is 2.98. The van der Waals surface area contributed by atoms with Crippen molar-refractivity contribution in [3.8, 4) is 0 Å². The maximum absolute atomic E-state index is 13.7. The van der Waals surface area contributed by atoms with Gasteiger partial charge in [-0.3, -0.25) is 4.79 Å². The lowest BCUT2D eigenvalue weighted by molar-refractivity contribution is -0.136. The Morgan fingerprint density at radius 2 is 2.30 bits per heavy atom. The minimum absolute atomic E-state index is 0.0975. The maximum atomic E-state index is 13.7. The number of hydrogen-bond donors (Lipinski definition) is 1. The largest absolute Gasteiger partial charge is 0.376 e. The topological polar surface area (TPSA) is 47.6 Å². The van der Waals surface area contributed by atoms with E-state index < -0.39 is 6.10 Å². The smallest absolute Gasteiger partial charge is 0.249 e. The van der Waals surface area contributed by atoms with Gasteiger partial charge in [-0.1, -0.05) is 12.1 Å². The van der Waals surface area contributed by atoms with Gasteiger partial charge >= 0.3 is 0 Å². The van der Waals surface area contributed by atoms with Crippen LogP contribution < -0.4 is 5.32 Å². The third kappa shape index (κ3) is 3.90. The second kappa shape index (κ2) is 7.41. The molecule has 1 fully saturated rings. The van der Waals surface area contributed by atoms with Crippen LogP contribution in [0.1, 0.15) is 49.8 Å². The summed E-state index contributed by atoms with van der Waals surface area (Å²) in [5.41, 5.74) is 1.61. The Hall–Kier alpha value is -1.46. The minimum Gasteiger partial charge on any atom is -0.376 e. The highest BCUT2D eigenvalue weighted by Gasteiger charge is 2.28. The van der Waals surface area contributed by atoms with Gasteiger partial charge in [-0.25, -0.2) is 4.39 Å². The number of ether oxygens (including phenoxy) is 2. The zero-order valence-corrected chi connectivity index (χ0v) is 13.5. The van der Waals surface area contributed by atoms with Crippen molar-refractivity contribution in [1.29, 1.82) is 0 Å². The Kier molecular flexibility index (Phi) is 5.28. The summed E-state index contributed by atoms with van der Waals surface area (Å²) in [5, 5.41) is 2.98. The molecule has 126 valence electrons. The fraction of sp³-hybridized carbons (Fsp3) is 0.611. The molecule has 5 heteroatoms. The van der Waals surface area contributed by atoms with Crippen LogP contribution in [-0.2, 0) is 20.7 Å². The quantitative estimate of drug-likeness (QED) is 0.907. The standard InChI is InChI=1S/C18H24FNO3/c1-12(23-11-13-5-2-3-10-22-13)18(21)20-17-9-8-14-15(17)6-4-7-16(14)19/h4,6-7,12-13,17H,2-3,5,8-11H2,1H3,(H,20,21). The summed E-state index contributed by atoms with van der Waals surface area (Å²) in [5.74, 6) is -0.332. The van der Waals surface area contributed by atoms with Crippen molar-refractivity contribution in [3.05, 3.63) is 35.1 Å². The lowest BCUT2D eigenvalue weighted by Crippen LogP contribution is -2.38. The summed E-state index contributed by atoms with van der Waals surface area (Å²) in [6, 6.07) is 4.93. The molecule has 1 aliphatic carbocycles. The van der Waals surface area contributed by atoms with E-state index in [1.54, 1.807) is 13.0 Å². The van der Waals surface area contributed by atoms with Gasteiger partial charge in [0.2, 0.25) is 5.91 Å². The van der Waals surface area contributed by atoms with Crippen molar-refractivity contribution in [2.24, 2.45) is 0 Å². The molecule has 1 aromatic carbocycles. The third-order valence-corrected chi connectivity index (χ3v) is 4.71. The average molecular weight is 321 g/mol. The molecule has 0 aromatic heterocycles. The first-order valence-corrected chi connectivity index (χ1v) is 8.46. The predicted molar refractivity (Wildman–Crippen MR) is 84.6 cm³/mol. The number of carbonyl (C=O) groups is 1. The van der Waals surface area contributed by atoms with Gasteiger partial charge in [0, 0.05) is 6.61 Å². The Balaban J connectivity index is 1.50. The molecule has 1 N–H and O–H groups in total. The van der Waals surface area contributed by atoms with Crippen molar-refractivity contribution in [2.75, 3.05) is 13.2 Å². The van der Waals surface area contributed by atoms with Gasteiger partial charge in [0.1, 0.15) is 11.9 Å². The molecular formula is C18H24FNO3. The van der Waals surface area contributed by atoms with E-state index in [0.717, 1.165) is 43.4 Å². The Morgan fingerprint density at radius 3 is 3.09 bits per heavy atom. The van der Waals surface area contributed by atoms with Crippen LogP contribution in [-0.4, -0.2) is 31.3 Å². The molecule has 23 heavy (non-hydrogen) atoms. The van der Waals surface area contributed by atoms with E-state index in [1.807, 2.05) is 6.07 Å². The van der Waals surface area contributed by atoms with Gasteiger partial charge in [-0.05, 0) is 56.2 Å². The van der Waals surface area contributed by atoms with Crippen LogP contribution in [0, 0.1) is 5.82 Å². The lowest BCUT2D eigenvalue weighted by Gasteiger charge is -2.24. The first-order valence-electron chi connectivity index (χ1n) is 8.46. The van der Waals surface area contributed by atoms with E-state index in [0.29, 0.717) is 13.0 Å². The summed E-state index contributed by atoms with van der Waals surface area (Å²) < 4.78 is 25.0. The molecule has 1 aliphatic heterocycles. The summed E-state index contributed by atoms with van der Waals surface area (Å²) in [6.45, 7) is 2.98. The SMILES string of the molecule is CC(OCC1CCCCO1)C(=O)NC1CCc2c(F)cccc21. The Morgan fingerprint density at radius 1 is 1.43 bits per heavy atom. The zero-order chi connectivity index (χ0) is 16.2. The van der Waals surface area contributed by atoms with E-state index in [1.165, 1.54) is 6.07 Å².